The van der Waals surface area contributed by atoms with Gasteiger partial charge in [0.1, 0.15) is 6.10 Å². The van der Waals surface area contributed by atoms with Crippen molar-refractivity contribution in [3.8, 4) is 0 Å². The summed E-state index contributed by atoms with van der Waals surface area (Å²) in [7, 11) is 0. The summed E-state index contributed by atoms with van der Waals surface area (Å²) in [5.41, 5.74) is 1.83. The lowest BCUT2D eigenvalue weighted by atomic mass is 9.47. The van der Waals surface area contributed by atoms with E-state index in [1.54, 1.807) is 0 Å². The normalized spacial score (nSPS) is 42.1. The zero-order chi connectivity index (χ0) is 20.9. The van der Waals surface area contributed by atoms with Gasteiger partial charge in [-0.3, -0.25) is 9.59 Å². The first-order valence-corrected chi connectivity index (χ1v) is 12.8. The molecule has 0 unspecified atom stereocenters. The maximum Gasteiger partial charge on any atom is 0.306 e. The molecule has 4 fully saturated rings. The van der Waals surface area contributed by atoms with Crippen LogP contribution in [0, 0.1) is 34.5 Å². The maximum atomic E-state index is 12.7. The number of rotatable bonds is 4. The second-order valence-corrected chi connectivity index (χ2v) is 11.8. The highest BCUT2D eigenvalue weighted by molar-refractivity contribution is 5.91. The minimum atomic E-state index is 0. The molecule has 31 heavy (non-hydrogen) atoms. The Hall–Kier alpha value is -1.16. The van der Waals surface area contributed by atoms with Crippen LogP contribution in [0.4, 0.5) is 0 Å². The van der Waals surface area contributed by atoms with Gasteiger partial charge in [0, 0.05) is 18.3 Å². The number of ketones is 1. The molecular formula is C27H43NO3. The van der Waals surface area contributed by atoms with Crippen molar-refractivity contribution < 1.29 is 14.3 Å². The first-order valence-electron chi connectivity index (χ1n) is 12.8. The lowest BCUT2D eigenvalue weighted by molar-refractivity contribution is -0.160. The summed E-state index contributed by atoms with van der Waals surface area (Å²) in [4.78, 5) is 24.7. The van der Waals surface area contributed by atoms with Crippen molar-refractivity contribution in [2.75, 3.05) is 0 Å². The molecular weight excluding hydrogens is 386 g/mol. The van der Waals surface area contributed by atoms with Crippen LogP contribution in [-0.2, 0) is 14.3 Å². The number of ether oxygens (including phenoxy) is 1. The standard InChI is InChI=1S/C27H40O3.H3N/c1-26-15-13-20(28)17-19(26)8-9-21-22-10-11-24(27(22,2)16-14-23(21)26)30-25(29)12-7-18-5-3-4-6-18;/h17-18,21-24H,3-16H2,1-2H3;1H3/t21-,22-,23-,24-,26-,27-;/m0./s1. The van der Waals surface area contributed by atoms with Gasteiger partial charge in [-0.15, -0.1) is 0 Å². The molecule has 0 aromatic heterocycles. The SMILES string of the molecule is C[C@]12CC[C@H]3[C@@H](CCC4=CC(=O)CC[C@@]43C)[C@@H]1CC[C@@H]2OC(=O)CCC1CCCC1.N. The zero-order valence-electron chi connectivity index (χ0n) is 19.8. The summed E-state index contributed by atoms with van der Waals surface area (Å²) < 4.78 is 6.17. The molecule has 0 saturated heterocycles. The van der Waals surface area contributed by atoms with E-state index in [0.717, 1.165) is 43.9 Å². The molecule has 3 N–H and O–H groups in total. The van der Waals surface area contributed by atoms with E-state index in [0.29, 0.717) is 24.0 Å². The van der Waals surface area contributed by atoms with Crippen molar-refractivity contribution in [1.29, 1.82) is 0 Å². The monoisotopic (exact) mass is 429 g/mol. The van der Waals surface area contributed by atoms with Crippen LogP contribution in [0.1, 0.15) is 104 Å². The molecule has 4 saturated carbocycles. The number of hydrogen-bond donors (Lipinski definition) is 1. The van der Waals surface area contributed by atoms with Crippen molar-refractivity contribution in [3.63, 3.8) is 0 Å². The third-order valence-electron chi connectivity index (χ3n) is 10.4. The number of esters is 1. The highest BCUT2D eigenvalue weighted by Crippen LogP contribution is 2.65. The lowest BCUT2D eigenvalue weighted by Gasteiger charge is -2.57. The fourth-order valence-electron chi connectivity index (χ4n) is 8.54. The summed E-state index contributed by atoms with van der Waals surface area (Å²) in [6.45, 7) is 4.87. The molecule has 0 heterocycles. The van der Waals surface area contributed by atoms with Crippen molar-refractivity contribution in [2.45, 2.75) is 110 Å². The Morgan fingerprint density at radius 1 is 1.00 bits per heavy atom. The van der Waals surface area contributed by atoms with Gasteiger partial charge >= 0.3 is 5.97 Å². The van der Waals surface area contributed by atoms with Crippen LogP contribution in [0.3, 0.4) is 0 Å². The zero-order valence-corrected chi connectivity index (χ0v) is 19.8. The summed E-state index contributed by atoms with van der Waals surface area (Å²) >= 11 is 0. The number of allylic oxidation sites excluding steroid dienone is 1. The van der Waals surface area contributed by atoms with Gasteiger partial charge in [-0.1, -0.05) is 45.1 Å². The quantitative estimate of drug-likeness (QED) is 0.513. The number of carbonyl (C=O) groups excluding carboxylic acids is 2. The molecule has 0 amide bonds. The van der Waals surface area contributed by atoms with Gasteiger partial charge in [0.2, 0.25) is 0 Å². The molecule has 4 nitrogen and oxygen atoms in total. The van der Waals surface area contributed by atoms with Crippen LogP contribution in [0.2, 0.25) is 0 Å². The Balaban J connectivity index is 0.00000231. The Bertz CT molecular complexity index is 739. The molecule has 5 rings (SSSR count). The molecule has 0 radical (unpaired) electrons. The van der Waals surface area contributed by atoms with E-state index in [2.05, 4.69) is 13.8 Å². The molecule has 5 aliphatic rings. The second-order valence-electron chi connectivity index (χ2n) is 11.8. The molecule has 6 atom stereocenters. The Morgan fingerprint density at radius 3 is 2.55 bits per heavy atom. The van der Waals surface area contributed by atoms with Crippen molar-refractivity contribution in [2.24, 2.45) is 34.5 Å². The van der Waals surface area contributed by atoms with E-state index in [-0.39, 0.29) is 29.1 Å². The summed E-state index contributed by atoms with van der Waals surface area (Å²) in [6.07, 6.45) is 17.8. The van der Waals surface area contributed by atoms with E-state index >= 15 is 0 Å². The Labute approximate surface area is 188 Å². The third-order valence-corrected chi connectivity index (χ3v) is 10.4. The van der Waals surface area contributed by atoms with E-state index in [4.69, 9.17) is 4.74 Å². The first-order chi connectivity index (χ1) is 14.4. The van der Waals surface area contributed by atoms with E-state index < -0.39 is 0 Å². The van der Waals surface area contributed by atoms with E-state index in [1.165, 1.54) is 56.9 Å². The second kappa shape index (κ2) is 8.65. The summed E-state index contributed by atoms with van der Waals surface area (Å²) in [5.74, 6) is 3.28. The minimum Gasteiger partial charge on any atom is -0.462 e. The number of hydrogen-bond acceptors (Lipinski definition) is 4. The minimum absolute atomic E-state index is 0. The van der Waals surface area contributed by atoms with Crippen LogP contribution in [0.5, 0.6) is 0 Å². The number of carbonyl (C=O) groups is 2. The van der Waals surface area contributed by atoms with Gasteiger partial charge < -0.3 is 10.9 Å². The van der Waals surface area contributed by atoms with Crippen LogP contribution in [-0.4, -0.2) is 17.9 Å². The average Bonchev–Trinajstić information content (AvgIpc) is 3.35. The van der Waals surface area contributed by atoms with Crippen LogP contribution in [0.15, 0.2) is 11.6 Å². The van der Waals surface area contributed by atoms with Crippen LogP contribution in [0.25, 0.3) is 0 Å². The van der Waals surface area contributed by atoms with Gasteiger partial charge in [0.25, 0.3) is 0 Å². The molecule has 0 aliphatic heterocycles. The lowest BCUT2D eigenvalue weighted by Crippen LogP contribution is -2.51. The van der Waals surface area contributed by atoms with Gasteiger partial charge in [-0.25, -0.2) is 0 Å². The van der Waals surface area contributed by atoms with Crippen LogP contribution < -0.4 is 6.15 Å². The molecule has 0 bridgehead atoms. The molecule has 4 heteroatoms. The van der Waals surface area contributed by atoms with Crippen LogP contribution >= 0.6 is 0 Å². The molecule has 0 aromatic rings. The summed E-state index contributed by atoms with van der Waals surface area (Å²) in [5, 5.41) is 0. The Morgan fingerprint density at radius 2 is 1.77 bits per heavy atom. The van der Waals surface area contributed by atoms with E-state index in [9.17, 15) is 9.59 Å². The Kier molecular flexibility index (Phi) is 6.42. The van der Waals surface area contributed by atoms with Crippen molar-refractivity contribution >= 4 is 11.8 Å². The highest BCUT2D eigenvalue weighted by atomic mass is 16.5. The number of fused-ring (bicyclic) bond motifs is 5. The average molecular weight is 430 g/mol. The van der Waals surface area contributed by atoms with Gasteiger partial charge in [0.05, 0.1) is 0 Å². The molecule has 174 valence electrons. The molecule has 5 aliphatic carbocycles. The largest absolute Gasteiger partial charge is 0.462 e. The predicted octanol–water partition coefficient (Wildman–Crippen LogP) is 6.56. The maximum absolute atomic E-state index is 12.7. The van der Waals surface area contributed by atoms with Gasteiger partial charge in [0.15, 0.2) is 5.78 Å². The highest BCUT2D eigenvalue weighted by Gasteiger charge is 2.59. The smallest absolute Gasteiger partial charge is 0.306 e. The topological polar surface area (TPSA) is 78.4 Å². The van der Waals surface area contributed by atoms with Gasteiger partial charge in [-0.05, 0) is 86.5 Å². The van der Waals surface area contributed by atoms with Crippen molar-refractivity contribution in [1.82, 2.24) is 6.15 Å². The fraction of sp³-hybridized carbons (Fsp3) is 0.852. The van der Waals surface area contributed by atoms with E-state index in [1.807, 2.05) is 6.08 Å². The third kappa shape index (κ3) is 3.92. The molecule has 0 spiro atoms. The van der Waals surface area contributed by atoms with Gasteiger partial charge in [-0.2, -0.15) is 0 Å². The fourth-order valence-corrected chi connectivity index (χ4v) is 8.54. The first kappa shape index (κ1) is 23.0. The predicted molar refractivity (Wildman–Crippen MR) is 123 cm³/mol. The summed E-state index contributed by atoms with van der Waals surface area (Å²) in [6, 6.07) is 0. The molecule has 0 aromatic carbocycles. The van der Waals surface area contributed by atoms with Crippen molar-refractivity contribution in [3.05, 3.63) is 11.6 Å².